The number of aryl methyl sites for hydroxylation is 2. The monoisotopic (exact) mass is 366 g/mol. The van der Waals surface area contributed by atoms with Gasteiger partial charge in [-0.25, -0.2) is 9.97 Å². The molecule has 3 aromatic heterocycles. The van der Waals surface area contributed by atoms with Gasteiger partial charge in [-0.1, -0.05) is 20.8 Å². The number of hydrogen-bond donors (Lipinski definition) is 2. The normalized spacial score (nSPS) is 12.7. The zero-order valence-corrected chi connectivity index (χ0v) is 17.2. The second kappa shape index (κ2) is 7.69. The average molecular weight is 367 g/mol. The molecular formula is C22H30N4O. The van der Waals surface area contributed by atoms with Crippen LogP contribution in [-0.2, 0) is 7.05 Å². The Bertz CT molecular complexity index is 955. The molecular weight excluding hydrogens is 336 g/mol. The number of fused-ring (bicyclic) bond motifs is 1. The van der Waals surface area contributed by atoms with Gasteiger partial charge < -0.3 is 15.0 Å². The molecule has 0 aromatic carbocycles. The van der Waals surface area contributed by atoms with Crippen molar-refractivity contribution in [3.05, 3.63) is 41.2 Å². The second-order valence-corrected chi connectivity index (χ2v) is 7.55. The molecule has 0 aliphatic heterocycles. The van der Waals surface area contributed by atoms with Gasteiger partial charge in [-0.15, -0.1) is 0 Å². The van der Waals surface area contributed by atoms with Crippen LogP contribution in [0.5, 0.6) is 0 Å². The molecule has 3 heterocycles. The van der Waals surface area contributed by atoms with Crippen molar-refractivity contribution in [2.45, 2.75) is 46.0 Å². The Morgan fingerprint density at radius 2 is 1.96 bits per heavy atom. The van der Waals surface area contributed by atoms with Crippen LogP contribution in [0.2, 0.25) is 0 Å². The second-order valence-electron chi connectivity index (χ2n) is 7.55. The molecule has 0 unspecified atom stereocenters. The quantitative estimate of drug-likeness (QED) is 0.669. The number of anilines is 1. The van der Waals surface area contributed by atoms with Crippen LogP contribution in [-0.4, -0.2) is 33.3 Å². The van der Waals surface area contributed by atoms with Crippen LogP contribution in [0.4, 0.5) is 5.82 Å². The summed E-state index contributed by atoms with van der Waals surface area (Å²) < 4.78 is 2.06. The molecule has 2 N–H and O–H groups in total. The van der Waals surface area contributed by atoms with Gasteiger partial charge in [0.2, 0.25) is 0 Å². The lowest BCUT2D eigenvalue weighted by Crippen LogP contribution is -2.03. The summed E-state index contributed by atoms with van der Waals surface area (Å²) in [6.45, 7) is 8.65. The fraction of sp³-hybridized carbons (Fsp3) is 0.455. The molecule has 0 fully saturated rings. The molecule has 0 amide bonds. The smallest absolute Gasteiger partial charge is 0.140 e. The molecule has 0 saturated heterocycles. The van der Waals surface area contributed by atoms with Gasteiger partial charge >= 0.3 is 0 Å². The molecule has 0 bridgehead atoms. The number of hydrogen-bond acceptors (Lipinski definition) is 4. The predicted octanol–water partition coefficient (Wildman–Crippen LogP) is 4.59. The fourth-order valence-corrected chi connectivity index (χ4v) is 3.65. The Balaban J connectivity index is 2.20. The van der Waals surface area contributed by atoms with Crippen LogP contribution < -0.4 is 5.32 Å². The third-order valence-electron chi connectivity index (χ3n) is 5.32. The molecule has 0 aliphatic rings. The summed E-state index contributed by atoms with van der Waals surface area (Å²) in [6.07, 6.45) is 3.01. The highest BCUT2D eigenvalue weighted by Crippen LogP contribution is 2.34. The number of nitrogens with one attached hydrogen (secondary N) is 1. The molecule has 27 heavy (non-hydrogen) atoms. The first-order valence-electron chi connectivity index (χ1n) is 9.67. The van der Waals surface area contributed by atoms with E-state index in [0.29, 0.717) is 5.92 Å². The summed E-state index contributed by atoms with van der Waals surface area (Å²) in [5, 5.41) is 14.1. The van der Waals surface area contributed by atoms with Crippen molar-refractivity contribution in [3.63, 3.8) is 0 Å². The van der Waals surface area contributed by atoms with Crippen LogP contribution in [0.25, 0.3) is 22.3 Å². The molecule has 0 aliphatic carbocycles. The lowest BCUT2D eigenvalue weighted by atomic mass is 9.96. The van der Waals surface area contributed by atoms with Crippen molar-refractivity contribution in [1.82, 2.24) is 14.5 Å². The lowest BCUT2D eigenvalue weighted by Gasteiger charge is -2.14. The highest BCUT2D eigenvalue weighted by Gasteiger charge is 2.19. The van der Waals surface area contributed by atoms with Crippen molar-refractivity contribution in [3.8, 4) is 11.3 Å². The molecule has 5 nitrogen and oxygen atoms in total. The number of aliphatic hydroxyl groups is 1. The Kier molecular flexibility index (Phi) is 5.51. The van der Waals surface area contributed by atoms with Gasteiger partial charge in [-0.2, -0.15) is 0 Å². The van der Waals surface area contributed by atoms with Crippen LogP contribution in [0.1, 0.15) is 55.8 Å². The van der Waals surface area contributed by atoms with Crippen LogP contribution in [0.3, 0.4) is 0 Å². The zero-order chi connectivity index (χ0) is 19.7. The summed E-state index contributed by atoms with van der Waals surface area (Å²) in [4.78, 5) is 9.78. The predicted molar refractivity (Wildman–Crippen MR) is 112 cm³/mol. The van der Waals surface area contributed by atoms with Crippen LogP contribution >= 0.6 is 0 Å². The fourth-order valence-electron chi connectivity index (χ4n) is 3.65. The van der Waals surface area contributed by atoms with Gasteiger partial charge in [-0.3, -0.25) is 0 Å². The Morgan fingerprint density at radius 3 is 2.56 bits per heavy atom. The van der Waals surface area contributed by atoms with Gasteiger partial charge in [0.05, 0.1) is 5.69 Å². The van der Waals surface area contributed by atoms with E-state index in [2.05, 4.69) is 62.0 Å². The van der Waals surface area contributed by atoms with E-state index in [0.717, 1.165) is 45.8 Å². The minimum Gasteiger partial charge on any atom is -0.396 e. The van der Waals surface area contributed by atoms with Crippen LogP contribution in [0.15, 0.2) is 24.4 Å². The maximum absolute atomic E-state index is 9.74. The minimum atomic E-state index is 0.139. The lowest BCUT2D eigenvalue weighted by molar-refractivity contribution is 0.263. The number of aromatic nitrogens is 3. The summed E-state index contributed by atoms with van der Waals surface area (Å²) in [6, 6.07) is 6.39. The molecule has 5 heteroatoms. The molecule has 3 rings (SSSR count). The molecule has 3 aromatic rings. The van der Waals surface area contributed by atoms with Gasteiger partial charge in [-0.05, 0) is 48.6 Å². The van der Waals surface area contributed by atoms with Gasteiger partial charge in [0.1, 0.15) is 11.5 Å². The molecule has 0 saturated carbocycles. The SMILES string of the molecule is CC[C@@H](CO)c1cn(C)c2nc(-c3ccc(C(C)C)nc3NC)c(C)cc12. The average Bonchev–Trinajstić information content (AvgIpc) is 2.97. The third-order valence-corrected chi connectivity index (χ3v) is 5.32. The minimum absolute atomic E-state index is 0.139. The van der Waals surface area contributed by atoms with E-state index < -0.39 is 0 Å². The van der Waals surface area contributed by atoms with E-state index in [1.165, 1.54) is 5.56 Å². The van der Waals surface area contributed by atoms with E-state index in [-0.39, 0.29) is 12.5 Å². The first kappa shape index (κ1) is 19.4. The number of nitrogens with zero attached hydrogens (tertiary/aromatic N) is 3. The topological polar surface area (TPSA) is 63.0 Å². The van der Waals surface area contributed by atoms with Crippen molar-refractivity contribution in [1.29, 1.82) is 0 Å². The summed E-state index contributed by atoms with van der Waals surface area (Å²) in [5.41, 5.74) is 6.24. The number of pyridine rings is 2. The van der Waals surface area contributed by atoms with Gasteiger partial charge in [0.15, 0.2) is 0 Å². The Hall–Kier alpha value is -2.40. The van der Waals surface area contributed by atoms with Crippen molar-refractivity contribution >= 4 is 16.9 Å². The van der Waals surface area contributed by atoms with Crippen LogP contribution in [0, 0.1) is 6.92 Å². The van der Waals surface area contributed by atoms with Crippen molar-refractivity contribution in [2.24, 2.45) is 7.05 Å². The zero-order valence-electron chi connectivity index (χ0n) is 17.2. The standard InChI is InChI=1S/C22H30N4O/c1-7-15(12-27)18-11-26(6)22-17(18)10-14(4)20(25-22)16-8-9-19(13(2)3)24-21(16)23-5/h8-11,13,15,27H,7,12H2,1-6H3,(H,23,24)/t15-/m0/s1. The van der Waals surface area contributed by atoms with E-state index in [1.54, 1.807) is 0 Å². The third kappa shape index (κ3) is 3.44. The van der Waals surface area contributed by atoms with Crippen molar-refractivity contribution < 1.29 is 5.11 Å². The molecule has 144 valence electrons. The number of rotatable bonds is 6. The Labute approximate surface area is 161 Å². The van der Waals surface area contributed by atoms with E-state index in [9.17, 15) is 5.11 Å². The molecule has 0 radical (unpaired) electrons. The summed E-state index contributed by atoms with van der Waals surface area (Å²) >= 11 is 0. The summed E-state index contributed by atoms with van der Waals surface area (Å²) in [7, 11) is 3.92. The highest BCUT2D eigenvalue weighted by atomic mass is 16.3. The maximum atomic E-state index is 9.74. The van der Waals surface area contributed by atoms with E-state index in [4.69, 9.17) is 9.97 Å². The molecule has 0 spiro atoms. The first-order valence-corrected chi connectivity index (χ1v) is 9.67. The van der Waals surface area contributed by atoms with E-state index in [1.807, 2.05) is 14.1 Å². The van der Waals surface area contributed by atoms with Crippen molar-refractivity contribution in [2.75, 3.05) is 19.0 Å². The highest BCUT2D eigenvalue weighted by molar-refractivity contribution is 5.87. The Morgan fingerprint density at radius 1 is 1.22 bits per heavy atom. The maximum Gasteiger partial charge on any atom is 0.140 e. The largest absolute Gasteiger partial charge is 0.396 e. The van der Waals surface area contributed by atoms with Gasteiger partial charge in [0, 0.05) is 49.5 Å². The summed E-state index contributed by atoms with van der Waals surface area (Å²) in [5.74, 6) is 1.37. The van der Waals surface area contributed by atoms with E-state index >= 15 is 0 Å². The number of aliphatic hydroxyl groups excluding tert-OH is 1. The molecule has 1 atom stereocenters. The first-order chi connectivity index (χ1) is 12.9. The van der Waals surface area contributed by atoms with Gasteiger partial charge in [0.25, 0.3) is 0 Å².